The Balaban J connectivity index is 1.61. The molecule has 0 bridgehead atoms. The van der Waals surface area contributed by atoms with Crippen LogP contribution in [0.15, 0.2) is 72.8 Å². The first-order chi connectivity index (χ1) is 16.1. The predicted molar refractivity (Wildman–Crippen MR) is 135 cm³/mol. The Bertz CT molecular complexity index is 943. The van der Waals surface area contributed by atoms with Crippen molar-refractivity contribution in [1.82, 2.24) is 9.80 Å². The highest BCUT2D eigenvalue weighted by molar-refractivity contribution is 5.46. The number of hydrogen-bond donors (Lipinski definition) is 0. The van der Waals surface area contributed by atoms with E-state index in [0.29, 0.717) is 0 Å². The largest absolute Gasteiger partial charge is 0.497 e. The van der Waals surface area contributed by atoms with E-state index in [1.165, 1.54) is 22.4 Å². The summed E-state index contributed by atoms with van der Waals surface area (Å²) in [7, 11) is 7.59. The minimum atomic E-state index is 0.221. The first-order valence-corrected chi connectivity index (χ1v) is 11.6. The summed E-state index contributed by atoms with van der Waals surface area (Å²) < 4.78 is 10.7. The molecule has 1 aliphatic rings. The molecule has 0 radical (unpaired) electrons. The van der Waals surface area contributed by atoms with E-state index < -0.39 is 0 Å². The Morgan fingerprint density at radius 2 is 1.15 bits per heavy atom. The number of rotatable bonds is 8. The summed E-state index contributed by atoms with van der Waals surface area (Å²) in [5.41, 5.74) is 5.16. The van der Waals surface area contributed by atoms with Crippen molar-refractivity contribution in [3.05, 3.63) is 89.5 Å². The summed E-state index contributed by atoms with van der Waals surface area (Å²) in [5, 5.41) is 0. The topological polar surface area (TPSA) is 28.2 Å². The van der Waals surface area contributed by atoms with Crippen LogP contribution in [0.1, 0.15) is 29.3 Å². The third kappa shape index (κ3) is 5.67. The van der Waals surface area contributed by atoms with Gasteiger partial charge in [0.05, 0.1) is 20.4 Å². The van der Waals surface area contributed by atoms with E-state index >= 15 is 0 Å². The van der Waals surface area contributed by atoms with Crippen LogP contribution < -0.4 is 14.4 Å². The van der Waals surface area contributed by atoms with Crippen molar-refractivity contribution < 1.29 is 9.47 Å². The Morgan fingerprint density at radius 3 is 1.55 bits per heavy atom. The number of ether oxygens (including phenoxy) is 2. The summed E-state index contributed by atoms with van der Waals surface area (Å²) in [4.78, 5) is 7.34. The molecule has 0 N–H and O–H groups in total. The van der Waals surface area contributed by atoms with Crippen molar-refractivity contribution in [2.45, 2.75) is 25.7 Å². The fourth-order valence-electron chi connectivity index (χ4n) is 4.58. The van der Waals surface area contributed by atoms with Gasteiger partial charge in [-0.3, -0.25) is 9.80 Å². The molecule has 33 heavy (non-hydrogen) atoms. The monoisotopic (exact) mass is 445 g/mol. The highest BCUT2D eigenvalue weighted by Crippen LogP contribution is 2.33. The molecule has 5 heteroatoms. The first kappa shape index (κ1) is 23.1. The lowest BCUT2D eigenvalue weighted by Gasteiger charge is -2.44. The Kier molecular flexibility index (Phi) is 7.53. The SMILES string of the molecule is COc1ccc(CN2CCCN(Cc3ccc(OC)cc3)C2c2ccc(N(C)C)cc2)cc1. The van der Waals surface area contributed by atoms with Crippen molar-refractivity contribution in [3.8, 4) is 11.5 Å². The highest BCUT2D eigenvalue weighted by Gasteiger charge is 2.30. The van der Waals surface area contributed by atoms with E-state index in [4.69, 9.17) is 9.47 Å². The first-order valence-electron chi connectivity index (χ1n) is 11.6. The minimum absolute atomic E-state index is 0.221. The van der Waals surface area contributed by atoms with Gasteiger partial charge in [-0.2, -0.15) is 0 Å². The van der Waals surface area contributed by atoms with Crippen LogP contribution in [0.5, 0.6) is 11.5 Å². The molecular weight excluding hydrogens is 410 g/mol. The van der Waals surface area contributed by atoms with Crippen molar-refractivity contribution >= 4 is 5.69 Å². The number of benzene rings is 3. The number of hydrogen-bond acceptors (Lipinski definition) is 5. The zero-order valence-electron chi connectivity index (χ0n) is 20.2. The van der Waals surface area contributed by atoms with Gasteiger partial charge in [-0.25, -0.2) is 0 Å². The zero-order chi connectivity index (χ0) is 23.2. The molecule has 3 aromatic carbocycles. The smallest absolute Gasteiger partial charge is 0.118 e. The van der Waals surface area contributed by atoms with E-state index in [0.717, 1.165) is 44.1 Å². The van der Waals surface area contributed by atoms with Crippen LogP contribution in [0.3, 0.4) is 0 Å². The molecule has 1 heterocycles. The molecule has 4 rings (SSSR count). The van der Waals surface area contributed by atoms with E-state index in [9.17, 15) is 0 Å². The Labute approximate surface area is 198 Å². The second-order valence-corrected chi connectivity index (χ2v) is 8.85. The average molecular weight is 446 g/mol. The van der Waals surface area contributed by atoms with Gasteiger partial charge in [-0.05, 0) is 59.5 Å². The molecule has 1 aliphatic heterocycles. The zero-order valence-corrected chi connectivity index (χ0v) is 20.2. The van der Waals surface area contributed by atoms with Crippen molar-refractivity contribution in [1.29, 1.82) is 0 Å². The average Bonchev–Trinajstić information content (AvgIpc) is 2.85. The summed E-state index contributed by atoms with van der Waals surface area (Å²) >= 11 is 0. The quantitative estimate of drug-likeness (QED) is 0.477. The van der Waals surface area contributed by atoms with Gasteiger partial charge in [0, 0.05) is 46.0 Å². The van der Waals surface area contributed by atoms with Gasteiger partial charge in [0.1, 0.15) is 11.5 Å². The van der Waals surface area contributed by atoms with Gasteiger partial charge in [-0.15, -0.1) is 0 Å². The third-order valence-electron chi connectivity index (χ3n) is 6.38. The molecular formula is C28H35N3O2. The minimum Gasteiger partial charge on any atom is -0.497 e. The number of anilines is 1. The number of nitrogens with zero attached hydrogens (tertiary/aromatic N) is 3. The van der Waals surface area contributed by atoms with Gasteiger partial charge in [0.2, 0.25) is 0 Å². The molecule has 1 saturated heterocycles. The Morgan fingerprint density at radius 1 is 0.697 bits per heavy atom. The van der Waals surface area contributed by atoms with Crippen LogP contribution >= 0.6 is 0 Å². The highest BCUT2D eigenvalue weighted by atomic mass is 16.5. The molecule has 0 amide bonds. The molecule has 174 valence electrons. The van der Waals surface area contributed by atoms with Crippen LogP contribution in [0.4, 0.5) is 5.69 Å². The van der Waals surface area contributed by atoms with E-state index in [-0.39, 0.29) is 6.17 Å². The van der Waals surface area contributed by atoms with Gasteiger partial charge >= 0.3 is 0 Å². The number of methoxy groups -OCH3 is 2. The molecule has 0 unspecified atom stereocenters. The van der Waals surface area contributed by atoms with Crippen LogP contribution in [-0.4, -0.2) is 51.2 Å². The lowest BCUT2D eigenvalue weighted by molar-refractivity contribution is -0.00909. The molecule has 0 spiro atoms. The van der Waals surface area contributed by atoms with Crippen LogP contribution in [0, 0.1) is 0 Å². The summed E-state index contributed by atoms with van der Waals surface area (Å²) in [5.74, 6) is 1.80. The molecule has 0 saturated carbocycles. The summed E-state index contributed by atoms with van der Waals surface area (Å²) in [6.07, 6.45) is 1.37. The van der Waals surface area contributed by atoms with Crippen LogP contribution in [0.2, 0.25) is 0 Å². The maximum atomic E-state index is 5.35. The summed E-state index contributed by atoms with van der Waals surface area (Å²) in [6, 6.07) is 25.9. The third-order valence-corrected chi connectivity index (χ3v) is 6.38. The standard InChI is InChI=1S/C28H35N3O2/c1-29(2)25-12-10-24(11-13-25)28-30(20-22-6-14-26(32-3)15-7-22)18-5-19-31(28)21-23-8-16-27(33-4)17-9-23/h6-17,28H,5,18-21H2,1-4H3. The lowest BCUT2D eigenvalue weighted by atomic mass is 10.0. The van der Waals surface area contributed by atoms with E-state index in [1.54, 1.807) is 14.2 Å². The molecule has 5 nitrogen and oxygen atoms in total. The van der Waals surface area contributed by atoms with Crippen molar-refractivity contribution in [2.75, 3.05) is 46.3 Å². The lowest BCUT2D eigenvalue weighted by Crippen LogP contribution is -2.46. The van der Waals surface area contributed by atoms with E-state index in [2.05, 4.69) is 102 Å². The van der Waals surface area contributed by atoms with Crippen molar-refractivity contribution in [3.63, 3.8) is 0 Å². The maximum absolute atomic E-state index is 5.35. The van der Waals surface area contributed by atoms with Gasteiger partial charge in [0.15, 0.2) is 0 Å². The van der Waals surface area contributed by atoms with Gasteiger partial charge in [0.25, 0.3) is 0 Å². The van der Waals surface area contributed by atoms with Crippen molar-refractivity contribution in [2.24, 2.45) is 0 Å². The second-order valence-electron chi connectivity index (χ2n) is 8.85. The van der Waals surface area contributed by atoms with Gasteiger partial charge in [-0.1, -0.05) is 36.4 Å². The summed E-state index contributed by atoms with van der Waals surface area (Å²) in [6.45, 7) is 3.96. The van der Waals surface area contributed by atoms with Gasteiger partial charge < -0.3 is 14.4 Å². The second kappa shape index (κ2) is 10.7. The molecule has 1 fully saturated rings. The Hall–Kier alpha value is -3.02. The molecule has 0 aliphatic carbocycles. The maximum Gasteiger partial charge on any atom is 0.118 e. The molecule has 0 aromatic heterocycles. The fraction of sp³-hybridized carbons (Fsp3) is 0.357. The molecule has 3 aromatic rings. The van der Waals surface area contributed by atoms with Crippen LogP contribution in [0.25, 0.3) is 0 Å². The normalized spacial score (nSPS) is 15.4. The predicted octanol–water partition coefficient (Wildman–Crippen LogP) is 5.18. The van der Waals surface area contributed by atoms with Crippen LogP contribution in [-0.2, 0) is 13.1 Å². The fourth-order valence-corrected chi connectivity index (χ4v) is 4.58. The molecule has 0 atom stereocenters. The van der Waals surface area contributed by atoms with E-state index in [1.807, 2.05) is 0 Å².